The van der Waals surface area contributed by atoms with Crippen LogP contribution >= 0.6 is 11.6 Å². The fourth-order valence-corrected chi connectivity index (χ4v) is 2.18. The Kier molecular flexibility index (Phi) is 6.09. The third-order valence-corrected chi connectivity index (χ3v) is 3.94. The van der Waals surface area contributed by atoms with E-state index in [2.05, 4.69) is 25.2 Å². The summed E-state index contributed by atoms with van der Waals surface area (Å²) in [6.07, 6.45) is 1.11. The molecule has 0 spiro atoms. The quantitative estimate of drug-likeness (QED) is 0.793. The van der Waals surface area contributed by atoms with Crippen LogP contribution in [0.25, 0.3) is 0 Å². The van der Waals surface area contributed by atoms with Crippen molar-refractivity contribution in [2.75, 3.05) is 0 Å². The van der Waals surface area contributed by atoms with Crippen molar-refractivity contribution in [1.29, 1.82) is 0 Å². The zero-order valence-corrected chi connectivity index (χ0v) is 13.4. The molecule has 2 rings (SSSR count). The summed E-state index contributed by atoms with van der Waals surface area (Å²) in [6.45, 7) is 5.67. The summed E-state index contributed by atoms with van der Waals surface area (Å²) >= 11 is 6.16. The van der Waals surface area contributed by atoms with E-state index in [4.69, 9.17) is 16.3 Å². The Balaban J connectivity index is 2.01. The van der Waals surface area contributed by atoms with Gasteiger partial charge in [0, 0.05) is 28.7 Å². The molecule has 1 atom stereocenters. The van der Waals surface area contributed by atoms with Crippen molar-refractivity contribution >= 4 is 11.6 Å². The van der Waals surface area contributed by atoms with Gasteiger partial charge in [-0.25, -0.2) is 0 Å². The van der Waals surface area contributed by atoms with Crippen LogP contribution in [0.15, 0.2) is 48.5 Å². The number of hydrogen-bond acceptors (Lipinski definition) is 2. The van der Waals surface area contributed by atoms with Crippen LogP contribution in [0.3, 0.4) is 0 Å². The number of benzene rings is 2. The molecule has 0 amide bonds. The molecule has 0 radical (unpaired) electrons. The van der Waals surface area contributed by atoms with Gasteiger partial charge < -0.3 is 10.1 Å². The van der Waals surface area contributed by atoms with Crippen molar-refractivity contribution in [3.8, 4) is 5.75 Å². The standard InChI is InChI=1S/C18H22ClNO/c1-3-14(2)20-12-15-8-5-7-11-18(15)21-13-16-9-4-6-10-17(16)19/h4-11,14,20H,3,12-13H2,1-2H3. The highest BCUT2D eigenvalue weighted by molar-refractivity contribution is 6.31. The van der Waals surface area contributed by atoms with E-state index in [9.17, 15) is 0 Å². The van der Waals surface area contributed by atoms with Crippen LogP contribution in [0.1, 0.15) is 31.4 Å². The molecule has 1 N–H and O–H groups in total. The smallest absolute Gasteiger partial charge is 0.124 e. The van der Waals surface area contributed by atoms with Crippen molar-refractivity contribution < 1.29 is 4.74 Å². The van der Waals surface area contributed by atoms with Crippen LogP contribution in [-0.2, 0) is 13.2 Å². The molecule has 0 aliphatic rings. The first-order chi connectivity index (χ1) is 10.2. The highest BCUT2D eigenvalue weighted by Crippen LogP contribution is 2.22. The Morgan fingerprint density at radius 3 is 2.43 bits per heavy atom. The van der Waals surface area contributed by atoms with Gasteiger partial charge in [-0.1, -0.05) is 54.9 Å². The van der Waals surface area contributed by atoms with Crippen molar-refractivity contribution in [2.45, 2.75) is 39.5 Å². The minimum atomic E-state index is 0.486. The number of halogens is 1. The summed E-state index contributed by atoms with van der Waals surface area (Å²) in [6, 6.07) is 16.4. The van der Waals surface area contributed by atoms with Gasteiger partial charge in [0.15, 0.2) is 0 Å². The fourth-order valence-electron chi connectivity index (χ4n) is 1.99. The van der Waals surface area contributed by atoms with Crippen LogP contribution in [0.5, 0.6) is 5.75 Å². The zero-order chi connectivity index (χ0) is 15.1. The van der Waals surface area contributed by atoms with E-state index in [0.29, 0.717) is 12.6 Å². The molecule has 0 saturated carbocycles. The van der Waals surface area contributed by atoms with Crippen molar-refractivity contribution in [3.05, 3.63) is 64.7 Å². The summed E-state index contributed by atoms with van der Waals surface area (Å²) in [7, 11) is 0. The average molecular weight is 304 g/mol. The minimum Gasteiger partial charge on any atom is -0.489 e. The van der Waals surface area contributed by atoms with Crippen molar-refractivity contribution in [2.24, 2.45) is 0 Å². The topological polar surface area (TPSA) is 21.3 Å². The van der Waals surface area contributed by atoms with Crippen molar-refractivity contribution in [1.82, 2.24) is 5.32 Å². The summed E-state index contributed by atoms with van der Waals surface area (Å²) in [4.78, 5) is 0. The Morgan fingerprint density at radius 1 is 1.05 bits per heavy atom. The molecular weight excluding hydrogens is 282 g/mol. The monoisotopic (exact) mass is 303 g/mol. The van der Waals surface area contributed by atoms with Gasteiger partial charge in [0.25, 0.3) is 0 Å². The van der Waals surface area contributed by atoms with Crippen LogP contribution in [0.2, 0.25) is 5.02 Å². The third-order valence-electron chi connectivity index (χ3n) is 3.57. The third kappa shape index (κ3) is 4.76. The molecule has 0 aliphatic carbocycles. The second kappa shape index (κ2) is 8.06. The summed E-state index contributed by atoms with van der Waals surface area (Å²) < 4.78 is 5.95. The number of rotatable bonds is 7. The van der Waals surface area contributed by atoms with E-state index in [0.717, 1.165) is 29.3 Å². The molecule has 0 fully saturated rings. The number of nitrogens with one attached hydrogen (secondary N) is 1. The second-order valence-corrected chi connectivity index (χ2v) is 5.59. The van der Waals surface area contributed by atoms with Gasteiger partial charge in [0.05, 0.1) is 0 Å². The van der Waals surface area contributed by atoms with Crippen LogP contribution in [0.4, 0.5) is 0 Å². The largest absolute Gasteiger partial charge is 0.489 e. The fraction of sp³-hybridized carbons (Fsp3) is 0.333. The predicted molar refractivity (Wildman–Crippen MR) is 88.8 cm³/mol. The molecular formula is C18H22ClNO. The molecule has 112 valence electrons. The van der Waals surface area contributed by atoms with Gasteiger partial charge in [-0.15, -0.1) is 0 Å². The zero-order valence-electron chi connectivity index (χ0n) is 12.6. The Labute approximate surface area is 132 Å². The summed E-state index contributed by atoms with van der Waals surface area (Å²) in [5, 5.41) is 4.24. The molecule has 0 bridgehead atoms. The average Bonchev–Trinajstić information content (AvgIpc) is 2.52. The van der Waals surface area contributed by atoms with E-state index < -0.39 is 0 Å². The Hall–Kier alpha value is -1.51. The molecule has 0 heterocycles. The highest BCUT2D eigenvalue weighted by Gasteiger charge is 2.06. The Bertz CT molecular complexity index is 571. The van der Waals surface area contributed by atoms with Crippen molar-refractivity contribution in [3.63, 3.8) is 0 Å². The van der Waals surface area contributed by atoms with Crippen LogP contribution < -0.4 is 10.1 Å². The SMILES string of the molecule is CCC(C)NCc1ccccc1OCc1ccccc1Cl. The van der Waals surface area contributed by atoms with E-state index in [1.807, 2.05) is 42.5 Å². The van der Waals surface area contributed by atoms with E-state index in [1.54, 1.807) is 0 Å². The number of hydrogen-bond donors (Lipinski definition) is 1. The normalized spacial score (nSPS) is 12.1. The molecule has 0 aliphatic heterocycles. The van der Waals surface area contributed by atoms with Gasteiger partial charge >= 0.3 is 0 Å². The molecule has 0 saturated heterocycles. The maximum atomic E-state index is 6.16. The molecule has 21 heavy (non-hydrogen) atoms. The summed E-state index contributed by atoms with van der Waals surface area (Å²) in [5.74, 6) is 0.910. The second-order valence-electron chi connectivity index (χ2n) is 5.18. The molecule has 2 aromatic rings. The van der Waals surface area contributed by atoms with Crippen LogP contribution in [-0.4, -0.2) is 6.04 Å². The first kappa shape index (κ1) is 15.9. The molecule has 2 aromatic carbocycles. The van der Waals surface area contributed by atoms with E-state index in [1.165, 1.54) is 5.56 Å². The molecule has 3 heteroatoms. The molecule has 1 unspecified atom stereocenters. The lowest BCUT2D eigenvalue weighted by Gasteiger charge is -2.15. The van der Waals surface area contributed by atoms with Gasteiger partial charge in [-0.3, -0.25) is 0 Å². The lowest BCUT2D eigenvalue weighted by atomic mass is 10.1. The first-order valence-corrected chi connectivity index (χ1v) is 7.76. The number of para-hydroxylation sites is 1. The lowest BCUT2D eigenvalue weighted by molar-refractivity contribution is 0.301. The predicted octanol–water partition coefficient (Wildman–Crippen LogP) is 4.81. The maximum absolute atomic E-state index is 6.16. The van der Waals surface area contributed by atoms with Crippen LogP contribution in [0, 0.1) is 0 Å². The maximum Gasteiger partial charge on any atom is 0.124 e. The molecule has 0 aromatic heterocycles. The van der Waals surface area contributed by atoms with Gasteiger partial charge in [-0.05, 0) is 25.5 Å². The highest BCUT2D eigenvalue weighted by atomic mass is 35.5. The minimum absolute atomic E-state index is 0.486. The van der Waals surface area contributed by atoms with Gasteiger partial charge in [0.1, 0.15) is 12.4 Å². The summed E-state index contributed by atoms with van der Waals surface area (Å²) in [5.41, 5.74) is 2.17. The lowest BCUT2D eigenvalue weighted by Crippen LogP contribution is -2.24. The van der Waals surface area contributed by atoms with E-state index in [-0.39, 0.29) is 0 Å². The van der Waals surface area contributed by atoms with Gasteiger partial charge in [-0.2, -0.15) is 0 Å². The van der Waals surface area contributed by atoms with Gasteiger partial charge in [0.2, 0.25) is 0 Å². The Morgan fingerprint density at radius 2 is 1.71 bits per heavy atom. The molecule has 2 nitrogen and oxygen atoms in total. The number of ether oxygens (including phenoxy) is 1. The first-order valence-electron chi connectivity index (χ1n) is 7.38. The van der Waals surface area contributed by atoms with E-state index >= 15 is 0 Å².